The Morgan fingerprint density at radius 3 is 2.70 bits per heavy atom. The lowest BCUT2D eigenvalue weighted by Gasteiger charge is -2.26. The number of nitrogens with zero attached hydrogens (tertiary/aromatic N) is 2. The minimum atomic E-state index is -0.984. The molecule has 2 aliphatic carbocycles. The molecule has 0 saturated heterocycles. The second-order valence-corrected chi connectivity index (χ2v) is 6.37. The summed E-state index contributed by atoms with van der Waals surface area (Å²) in [6.07, 6.45) is 4.28. The Kier molecular flexibility index (Phi) is 2.58. The van der Waals surface area contributed by atoms with Gasteiger partial charge in [0.1, 0.15) is 0 Å². The molecule has 4 nitrogen and oxygen atoms in total. The number of likely N-dealkylation sites (N-methyl/N-ethyl adjacent to an activating group) is 1. The van der Waals surface area contributed by atoms with Crippen LogP contribution >= 0.6 is 0 Å². The number of carbonyl (C=O) groups excluding carboxylic acids is 1. The van der Waals surface area contributed by atoms with Crippen LogP contribution in [0.3, 0.4) is 0 Å². The maximum Gasteiger partial charge on any atom is 0.260 e. The number of aliphatic hydroxyl groups excluding tert-OH is 1. The van der Waals surface area contributed by atoms with E-state index < -0.39 is 6.10 Å². The summed E-state index contributed by atoms with van der Waals surface area (Å²) in [5, 5.41) is 9.92. The first-order valence-electron chi connectivity index (χ1n) is 7.51. The summed E-state index contributed by atoms with van der Waals surface area (Å²) < 4.78 is 0. The van der Waals surface area contributed by atoms with E-state index in [-0.39, 0.29) is 5.91 Å². The first-order valence-corrected chi connectivity index (χ1v) is 7.51. The SMILES string of the molecule is CN1C(=O)C(O)c2ccc(N(CC3CC3)C3CC3)cc21. The molecule has 0 radical (unpaired) electrons. The summed E-state index contributed by atoms with van der Waals surface area (Å²) in [4.78, 5) is 15.9. The molecule has 4 rings (SSSR count). The number of anilines is 2. The van der Waals surface area contributed by atoms with E-state index in [2.05, 4.69) is 17.0 Å². The molecule has 1 aromatic carbocycles. The molecule has 4 heteroatoms. The standard InChI is InChI=1S/C16H20N2O2/c1-17-14-8-12(6-7-13(14)15(19)16(17)20)18(11-4-5-11)9-10-2-3-10/h6-8,10-11,15,19H,2-5,9H2,1H3. The number of aliphatic hydroxyl groups is 1. The average Bonchev–Trinajstić information content (AvgIpc) is 3.34. The largest absolute Gasteiger partial charge is 0.378 e. The Balaban J connectivity index is 1.67. The lowest BCUT2D eigenvalue weighted by atomic mass is 10.1. The Hall–Kier alpha value is -1.55. The van der Waals surface area contributed by atoms with Crippen molar-refractivity contribution in [1.82, 2.24) is 0 Å². The molecule has 0 aromatic heterocycles. The lowest BCUT2D eigenvalue weighted by molar-refractivity contribution is -0.125. The lowest BCUT2D eigenvalue weighted by Crippen LogP contribution is -2.28. The first kappa shape index (κ1) is 12.2. The molecule has 2 saturated carbocycles. The predicted molar refractivity (Wildman–Crippen MR) is 77.9 cm³/mol. The summed E-state index contributed by atoms with van der Waals surface area (Å²) in [7, 11) is 1.74. The zero-order valence-corrected chi connectivity index (χ0v) is 11.7. The van der Waals surface area contributed by atoms with E-state index in [1.807, 2.05) is 6.07 Å². The van der Waals surface area contributed by atoms with Crippen LogP contribution in [0.5, 0.6) is 0 Å². The molecule has 1 unspecified atom stereocenters. The molecule has 1 heterocycles. The minimum absolute atomic E-state index is 0.225. The van der Waals surface area contributed by atoms with Gasteiger partial charge in [-0.2, -0.15) is 0 Å². The van der Waals surface area contributed by atoms with Gasteiger partial charge in [0, 0.05) is 30.9 Å². The van der Waals surface area contributed by atoms with E-state index >= 15 is 0 Å². The van der Waals surface area contributed by atoms with E-state index in [0.29, 0.717) is 6.04 Å². The van der Waals surface area contributed by atoms with E-state index in [4.69, 9.17) is 0 Å². The number of hydrogen-bond donors (Lipinski definition) is 1. The Bertz CT molecular complexity index is 564. The second kappa shape index (κ2) is 4.22. The molecule has 3 aliphatic rings. The zero-order chi connectivity index (χ0) is 13.9. The van der Waals surface area contributed by atoms with E-state index in [0.717, 1.165) is 23.7 Å². The Labute approximate surface area is 119 Å². The molecule has 1 amide bonds. The van der Waals surface area contributed by atoms with Crippen LogP contribution in [0.15, 0.2) is 18.2 Å². The van der Waals surface area contributed by atoms with Gasteiger partial charge in [0.05, 0.1) is 5.69 Å². The number of fused-ring (bicyclic) bond motifs is 1. The quantitative estimate of drug-likeness (QED) is 0.912. The smallest absolute Gasteiger partial charge is 0.260 e. The summed E-state index contributed by atoms with van der Waals surface area (Å²) in [6, 6.07) is 6.74. The van der Waals surface area contributed by atoms with Crippen molar-refractivity contribution >= 4 is 17.3 Å². The van der Waals surface area contributed by atoms with Crippen molar-refractivity contribution in [1.29, 1.82) is 0 Å². The van der Waals surface area contributed by atoms with Gasteiger partial charge in [0.15, 0.2) is 6.10 Å². The van der Waals surface area contributed by atoms with Gasteiger partial charge in [-0.1, -0.05) is 6.07 Å². The van der Waals surface area contributed by atoms with Crippen LogP contribution in [0.2, 0.25) is 0 Å². The second-order valence-electron chi connectivity index (χ2n) is 6.37. The van der Waals surface area contributed by atoms with E-state index in [1.54, 1.807) is 11.9 Å². The molecule has 20 heavy (non-hydrogen) atoms. The molecule has 1 atom stereocenters. The predicted octanol–water partition coefficient (Wildman–Crippen LogP) is 2.08. The van der Waals surface area contributed by atoms with Crippen molar-refractivity contribution < 1.29 is 9.90 Å². The number of benzene rings is 1. The first-order chi connectivity index (χ1) is 9.65. The van der Waals surface area contributed by atoms with Crippen LogP contribution in [-0.4, -0.2) is 30.6 Å². The third-order valence-electron chi connectivity index (χ3n) is 4.71. The fourth-order valence-corrected chi connectivity index (χ4v) is 3.10. The molecule has 2 fully saturated rings. The summed E-state index contributed by atoms with van der Waals surface area (Å²) in [6.45, 7) is 1.14. The van der Waals surface area contributed by atoms with E-state index in [9.17, 15) is 9.90 Å². The fraction of sp³-hybridized carbons (Fsp3) is 0.562. The highest BCUT2D eigenvalue weighted by Gasteiger charge is 2.37. The van der Waals surface area contributed by atoms with Gasteiger partial charge >= 0.3 is 0 Å². The molecule has 1 N–H and O–H groups in total. The van der Waals surface area contributed by atoms with Crippen molar-refractivity contribution in [3.8, 4) is 0 Å². The highest BCUT2D eigenvalue weighted by atomic mass is 16.3. The summed E-state index contributed by atoms with van der Waals surface area (Å²) in [5.41, 5.74) is 2.80. The highest BCUT2D eigenvalue weighted by Crippen LogP contribution is 2.42. The zero-order valence-electron chi connectivity index (χ0n) is 11.7. The monoisotopic (exact) mass is 272 g/mol. The van der Waals surface area contributed by atoms with Gasteiger partial charge in [0.25, 0.3) is 5.91 Å². The average molecular weight is 272 g/mol. The minimum Gasteiger partial charge on any atom is -0.378 e. The van der Waals surface area contributed by atoms with Crippen molar-refractivity contribution in [2.45, 2.75) is 37.8 Å². The third kappa shape index (κ3) is 1.90. The van der Waals surface area contributed by atoms with Gasteiger partial charge in [-0.25, -0.2) is 0 Å². The summed E-state index contributed by atoms with van der Waals surface area (Å²) >= 11 is 0. The van der Waals surface area contributed by atoms with Gasteiger partial charge in [-0.15, -0.1) is 0 Å². The number of carbonyl (C=O) groups is 1. The Morgan fingerprint density at radius 1 is 1.30 bits per heavy atom. The number of rotatable bonds is 4. The molecule has 106 valence electrons. The number of amides is 1. The molecule has 1 aromatic rings. The number of hydrogen-bond acceptors (Lipinski definition) is 3. The summed E-state index contributed by atoms with van der Waals surface area (Å²) in [5.74, 6) is 0.631. The molecule has 1 aliphatic heterocycles. The molecule has 0 spiro atoms. The van der Waals surface area contributed by atoms with Crippen LogP contribution in [0.25, 0.3) is 0 Å². The fourth-order valence-electron chi connectivity index (χ4n) is 3.10. The van der Waals surface area contributed by atoms with E-state index in [1.165, 1.54) is 31.4 Å². The van der Waals surface area contributed by atoms with Crippen molar-refractivity contribution in [3.05, 3.63) is 23.8 Å². The van der Waals surface area contributed by atoms with Crippen LogP contribution in [0.4, 0.5) is 11.4 Å². The van der Waals surface area contributed by atoms with Crippen LogP contribution in [0, 0.1) is 5.92 Å². The maximum atomic E-state index is 11.8. The van der Waals surface area contributed by atoms with Crippen LogP contribution in [-0.2, 0) is 4.79 Å². The Morgan fingerprint density at radius 2 is 2.05 bits per heavy atom. The molecular formula is C16H20N2O2. The van der Waals surface area contributed by atoms with Crippen molar-refractivity contribution in [3.63, 3.8) is 0 Å². The van der Waals surface area contributed by atoms with Crippen LogP contribution < -0.4 is 9.80 Å². The molecule has 0 bridgehead atoms. The third-order valence-corrected chi connectivity index (χ3v) is 4.71. The molecular weight excluding hydrogens is 252 g/mol. The van der Waals surface area contributed by atoms with Gasteiger partial charge in [-0.05, 0) is 43.7 Å². The van der Waals surface area contributed by atoms with Gasteiger partial charge in [-0.3, -0.25) is 4.79 Å². The van der Waals surface area contributed by atoms with Crippen LogP contribution in [0.1, 0.15) is 37.4 Å². The normalized spacial score (nSPS) is 25.0. The van der Waals surface area contributed by atoms with Crippen molar-refractivity contribution in [2.24, 2.45) is 5.92 Å². The topological polar surface area (TPSA) is 43.8 Å². The van der Waals surface area contributed by atoms with Crippen molar-refractivity contribution in [2.75, 3.05) is 23.4 Å². The maximum absolute atomic E-state index is 11.8. The van der Waals surface area contributed by atoms with Gasteiger partial charge in [0.2, 0.25) is 0 Å². The van der Waals surface area contributed by atoms with Gasteiger partial charge < -0.3 is 14.9 Å². The highest BCUT2D eigenvalue weighted by molar-refractivity contribution is 6.03.